The second kappa shape index (κ2) is 2.54. The predicted octanol–water partition coefficient (Wildman–Crippen LogP) is 0.289. The smallest absolute Gasteiger partial charge is 0.285 e. The van der Waals surface area contributed by atoms with Crippen molar-refractivity contribution >= 4 is 5.82 Å². The Labute approximate surface area is 66.4 Å². The summed E-state index contributed by atoms with van der Waals surface area (Å²) in [5.74, 6) is 5.02. The van der Waals surface area contributed by atoms with E-state index >= 15 is 0 Å². The number of pyridine rings is 1. The van der Waals surface area contributed by atoms with Crippen molar-refractivity contribution in [1.82, 2.24) is 0 Å². The van der Waals surface area contributed by atoms with Crippen molar-refractivity contribution in [2.24, 2.45) is 0 Å². The molecule has 3 nitrogen and oxygen atoms in total. The van der Waals surface area contributed by atoms with Gasteiger partial charge in [0.25, 0.3) is 5.82 Å². The van der Waals surface area contributed by atoms with Gasteiger partial charge in [-0.3, -0.25) is 11.6 Å². The fourth-order valence-corrected chi connectivity index (χ4v) is 0.705. The van der Waals surface area contributed by atoms with Crippen LogP contribution in [0.4, 0.5) is 19.0 Å². The van der Waals surface area contributed by atoms with E-state index in [0.717, 1.165) is 23.0 Å². The first-order valence-electron chi connectivity index (χ1n) is 3.04. The Morgan fingerprint density at radius 3 is 2.33 bits per heavy atom. The van der Waals surface area contributed by atoms with Gasteiger partial charge in [-0.05, 0) is 6.07 Å². The summed E-state index contributed by atoms with van der Waals surface area (Å²) in [6.07, 6.45) is -3.32. The van der Waals surface area contributed by atoms with Gasteiger partial charge in [-0.2, -0.15) is 13.2 Å². The number of halogens is 3. The number of hydrogen-bond acceptors (Lipinski definition) is 2. The maximum absolute atomic E-state index is 12.0. The van der Waals surface area contributed by atoms with E-state index in [0.29, 0.717) is 0 Å². The summed E-state index contributed by atoms with van der Waals surface area (Å²) < 4.78 is 36.9. The molecule has 0 aliphatic heterocycles. The van der Waals surface area contributed by atoms with Crippen LogP contribution in [0.15, 0.2) is 18.3 Å². The fourth-order valence-electron chi connectivity index (χ4n) is 0.705. The van der Waals surface area contributed by atoms with Crippen LogP contribution >= 0.6 is 0 Å². The van der Waals surface area contributed by atoms with Gasteiger partial charge in [-0.1, -0.05) is 0 Å². The highest BCUT2D eigenvalue weighted by Gasteiger charge is 2.31. The molecule has 6 heteroatoms. The zero-order valence-electron chi connectivity index (χ0n) is 5.97. The summed E-state index contributed by atoms with van der Waals surface area (Å²) in [5.41, 5.74) is 4.35. The third kappa shape index (κ3) is 1.58. The molecule has 0 radical (unpaired) electrons. The SMILES string of the molecule is Nc1cc(C(F)(F)F)cc[n+]1N. The lowest BCUT2D eigenvalue weighted by Gasteiger charge is -2.05. The number of nitrogens with zero attached hydrogens (tertiary/aromatic N) is 1. The zero-order chi connectivity index (χ0) is 9.35. The number of alkyl halides is 3. The largest absolute Gasteiger partial charge is 0.416 e. The van der Waals surface area contributed by atoms with Gasteiger partial charge in [0, 0.05) is 6.07 Å². The molecule has 0 bridgehead atoms. The molecule has 0 saturated carbocycles. The Balaban J connectivity index is 3.14. The van der Waals surface area contributed by atoms with E-state index in [4.69, 9.17) is 11.6 Å². The van der Waals surface area contributed by atoms with Gasteiger partial charge in [0.05, 0.1) is 5.56 Å². The molecule has 4 N–H and O–H groups in total. The van der Waals surface area contributed by atoms with Gasteiger partial charge in [0.15, 0.2) is 0 Å². The molecule has 0 spiro atoms. The number of aromatic nitrogens is 1. The Bertz CT molecular complexity index is 295. The molecule has 0 aromatic carbocycles. The van der Waals surface area contributed by atoms with E-state index in [2.05, 4.69) is 0 Å². The van der Waals surface area contributed by atoms with Crippen LogP contribution in [0.3, 0.4) is 0 Å². The van der Waals surface area contributed by atoms with Gasteiger partial charge in [-0.25, -0.2) is 0 Å². The molecule has 66 valence electrons. The average molecular weight is 178 g/mol. The van der Waals surface area contributed by atoms with Crippen molar-refractivity contribution in [3.63, 3.8) is 0 Å². The van der Waals surface area contributed by atoms with Crippen LogP contribution in [0.25, 0.3) is 0 Å². The van der Waals surface area contributed by atoms with Crippen LogP contribution in [0.2, 0.25) is 0 Å². The van der Waals surface area contributed by atoms with Crippen molar-refractivity contribution in [3.05, 3.63) is 23.9 Å². The molecule has 0 amide bonds. The highest BCUT2D eigenvalue weighted by Crippen LogP contribution is 2.28. The zero-order valence-corrected chi connectivity index (χ0v) is 5.97. The van der Waals surface area contributed by atoms with Gasteiger partial charge >= 0.3 is 6.18 Å². The van der Waals surface area contributed by atoms with E-state index in [1.807, 2.05) is 0 Å². The van der Waals surface area contributed by atoms with Crippen LogP contribution in [-0.2, 0) is 6.18 Å². The highest BCUT2D eigenvalue weighted by molar-refractivity contribution is 5.28. The monoisotopic (exact) mass is 178 g/mol. The maximum atomic E-state index is 12.0. The Hall–Kier alpha value is -1.46. The molecule has 1 heterocycles. The molecule has 1 aromatic heterocycles. The molecule has 1 rings (SSSR count). The molecule has 0 unspecified atom stereocenters. The minimum absolute atomic E-state index is 0.134. The van der Waals surface area contributed by atoms with Gasteiger partial charge in [0.1, 0.15) is 6.20 Å². The molecule has 0 fully saturated rings. The van der Waals surface area contributed by atoms with E-state index in [1.54, 1.807) is 0 Å². The molecule has 0 atom stereocenters. The summed E-state index contributed by atoms with van der Waals surface area (Å²) in [4.78, 5) is 0. The second-order valence-corrected chi connectivity index (χ2v) is 2.25. The standard InChI is InChI=1S/C6H6F3N3/c7-6(8,9)4-1-2-12(11)5(10)3-4/h1-3,10H,11H2/p+1. The summed E-state index contributed by atoms with van der Waals surface area (Å²) in [6.45, 7) is 0. The first-order valence-corrected chi connectivity index (χ1v) is 3.04. The van der Waals surface area contributed by atoms with Gasteiger partial charge in [-0.15, -0.1) is 4.68 Å². The Morgan fingerprint density at radius 1 is 1.33 bits per heavy atom. The number of rotatable bonds is 0. The number of hydrogen-bond donors (Lipinski definition) is 2. The van der Waals surface area contributed by atoms with Crippen LogP contribution < -0.4 is 16.3 Å². The van der Waals surface area contributed by atoms with E-state index < -0.39 is 11.7 Å². The molecule has 0 saturated heterocycles. The van der Waals surface area contributed by atoms with Crippen molar-refractivity contribution in [2.45, 2.75) is 6.18 Å². The van der Waals surface area contributed by atoms with Gasteiger partial charge < -0.3 is 0 Å². The number of anilines is 1. The first-order chi connectivity index (χ1) is 5.41. The second-order valence-electron chi connectivity index (χ2n) is 2.25. The summed E-state index contributed by atoms with van der Waals surface area (Å²) in [5, 5.41) is 0. The number of nitrogen functional groups attached to an aromatic ring is 2. The quantitative estimate of drug-likeness (QED) is 0.443. The topological polar surface area (TPSA) is 55.9 Å². The third-order valence-electron chi connectivity index (χ3n) is 1.34. The van der Waals surface area contributed by atoms with Crippen molar-refractivity contribution in [2.75, 3.05) is 11.6 Å². The Morgan fingerprint density at radius 2 is 1.92 bits per heavy atom. The van der Waals surface area contributed by atoms with Crippen LogP contribution in [-0.4, -0.2) is 0 Å². The van der Waals surface area contributed by atoms with E-state index in [-0.39, 0.29) is 5.82 Å². The van der Waals surface area contributed by atoms with Crippen LogP contribution in [0.1, 0.15) is 5.56 Å². The molecule has 0 aliphatic rings. The van der Waals surface area contributed by atoms with E-state index in [9.17, 15) is 13.2 Å². The minimum atomic E-state index is -4.37. The fraction of sp³-hybridized carbons (Fsp3) is 0.167. The van der Waals surface area contributed by atoms with Crippen molar-refractivity contribution in [3.8, 4) is 0 Å². The highest BCUT2D eigenvalue weighted by atomic mass is 19.4. The normalized spacial score (nSPS) is 11.6. The first kappa shape index (κ1) is 8.63. The lowest BCUT2D eigenvalue weighted by molar-refractivity contribution is -0.624. The lowest BCUT2D eigenvalue weighted by atomic mass is 10.2. The predicted molar refractivity (Wildman–Crippen MR) is 36.2 cm³/mol. The van der Waals surface area contributed by atoms with Crippen molar-refractivity contribution in [1.29, 1.82) is 0 Å². The molecule has 0 aliphatic carbocycles. The lowest BCUT2D eigenvalue weighted by Crippen LogP contribution is -2.46. The molecule has 12 heavy (non-hydrogen) atoms. The van der Waals surface area contributed by atoms with E-state index in [1.165, 1.54) is 0 Å². The summed E-state index contributed by atoms with van der Waals surface area (Å²) in [6, 6.07) is 1.64. The molecule has 1 aromatic rings. The van der Waals surface area contributed by atoms with Crippen LogP contribution in [0.5, 0.6) is 0 Å². The summed E-state index contributed by atoms with van der Waals surface area (Å²) in [7, 11) is 0. The van der Waals surface area contributed by atoms with Gasteiger partial charge in [0.2, 0.25) is 0 Å². The Kier molecular flexibility index (Phi) is 1.83. The third-order valence-corrected chi connectivity index (χ3v) is 1.34. The molecular formula is C6H7F3N3+. The number of nitrogens with two attached hydrogens (primary N) is 2. The van der Waals surface area contributed by atoms with Crippen molar-refractivity contribution < 1.29 is 17.8 Å². The minimum Gasteiger partial charge on any atom is -0.285 e. The molecular weight excluding hydrogens is 171 g/mol. The maximum Gasteiger partial charge on any atom is 0.416 e. The average Bonchev–Trinajstić information content (AvgIpc) is 1.92. The van der Waals surface area contributed by atoms with Crippen LogP contribution in [0, 0.1) is 0 Å². The summed E-state index contributed by atoms with van der Waals surface area (Å²) >= 11 is 0.